The van der Waals surface area contributed by atoms with Gasteiger partial charge in [-0.05, 0) is 53.3 Å². The van der Waals surface area contributed by atoms with Gasteiger partial charge < -0.3 is 9.14 Å². The molecule has 0 N–H and O–H groups in total. The number of aldehydes is 1. The molecule has 4 rings (SSSR count). The Hall–Kier alpha value is -3.33. The highest BCUT2D eigenvalue weighted by Gasteiger charge is 2.20. The van der Waals surface area contributed by atoms with Crippen LogP contribution in [0.1, 0.15) is 48.0 Å². The smallest absolute Gasteiger partial charge is 0.167 e. The Kier molecular flexibility index (Phi) is 5.21. The predicted octanol–water partition coefficient (Wildman–Crippen LogP) is 6.60. The van der Waals surface area contributed by atoms with Crippen LogP contribution in [-0.4, -0.2) is 10.7 Å². The Morgan fingerprint density at radius 3 is 2.40 bits per heavy atom. The number of pyridine rings is 1. The van der Waals surface area contributed by atoms with Crippen molar-refractivity contribution in [3.8, 4) is 16.9 Å². The second-order valence-corrected chi connectivity index (χ2v) is 8.80. The summed E-state index contributed by atoms with van der Waals surface area (Å²) in [6, 6.07) is 22.6. The van der Waals surface area contributed by atoms with Gasteiger partial charge in [-0.25, -0.2) is 0 Å². The number of hydrogen-bond donors (Lipinski definition) is 0. The number of ether oxygens (including phenoxy) is 1. The molecule has 3 nitrogen and oxygen atoms in total. The number of rotatable bonds is 5. The van der Waals surface area contributed by atoms with E-state index in [0.717, 1.165) is 39.8 Å². The SMILES string of the molecule is Cc1ccc2cc(-c3cc(C(C)(C)C)ccc3OCc3ccccc3)c(C=O)n2c1. The van der Waals surface area contributed by atoms with E-state index in [2.05, 4.69) is 57.2 Å². The molecule has 3 heteroatoms. The van der Waals surface area contributed by atoms with Crippen LogP contribution in [-0.2, 0) is 12.0 Å². The number of carbonyl (C=O) groups is 1. The van der Waals surface area contributed by atoms with Gasteiger partial charge in [-0.2, -0.15) is 0 Å². The summed E-state index contributed by atoms with van der Waals surface area (Å²) in [5.74, 6) is 0.780. The molecule has 0 saturated heterocycles. The zero-order valence-electron chi connectivity index (χ0n) is 18.0. The van der Waals surface area contributed by atoms with Crippen LogP contribution >= 0.6 is 0 Å². The van der Waals surface area contributed by atoms with Crippen molar-refractivity contribution < 1.29 is 9.53 Å². The van der Waals surface area contributed by atoms with E-state index in [4.69, 9.17) is 4.74 Å². The maximum Gasteiger partial charge on any atom is 0.167 e. The van der Waals surface area contributed by atoms with Crippen LogP contribution in [0.3, 0.4) is 0 Å². The lowest BCUT2D eigenvalue weighted by molar-refractivity contribution is 0.111. The minimum atomic E-state index is -0.0101. The average molecular weight is 398 g/mol. The molecule has 2 aromatic carbocycles. The van der Waals surface area contributed by atoms with Gasteiger partial charge in [0.15, 0.2) is 6.29 Å². The number of benzene rings is 2. The first kappa shape index (κ1) is 20.0. The molecule has 0 bridgehead atoms. The lowest BCUT2D eigenvalue weighted by atomic mass is 9.85. The van der Waals surface area contributed by atoms with Crippen molar-refractivity contribution in [3.05, 3.63) is 95.3 Å². The van der Waals surface area contributed by atoms with Crippen LogP contribution in [0.25, 0.3) is 16.6 Å². The second kappa shape index (κ2) is 7.83. The van der Waals surface area contributed by atoms with Crippen LogP contribution in [0, 0.1) is 6.92 Å². The van der Waals surface area contributed by atoms with Crippen LogP contribution < -0.4 is 4.74 Å². The first-order valence-electron chi connectivity index (χ1n) is 10.3. The van der Waals surface area contributed by atoms with Gasteiger partial charge in [0.1, 0.15) is 12.4 Å². The molecule has 30 heavy (non-hydrogen) atoms. The third-order valence-corrected chi connectivity index (χ3v) is 5.44. The number of aromatic nitrogens is 1. The monoisotopic (exact) mass is 397 g/mol. The fraction of sp³-hybridized carbons (Fsp3) is 0.222. The molecule has 152 valence electrons. The normalized spacial score (nSPS) is 11.6. The van der Waals surface area contributed by atoms with Gasteiger partial charge in [0.25, 0.3) is 0 Å². The second-order valence-electron chi connectivity index (χ2n) is 8.80. The number of fused-ring (bicyclic) bond motifs is 1. The third-order valence-electron chi connectivity index (χ3n) is 5.44. The van der Waals surface area contributed by atoms with Crippen molar-refractivity contribution in [3.63, 3.8) is 0 Å². The van der Waals surface area contributed by atoms with E-state index in [1.54, 1.807) is 0 Å². The maximum atomic E-state index is 12.1. The van der Waals surface area contributed by atoms with E-state index in [1.807, 2.05) is 47.9 Å². The fourth-order valence-corrected chi connectivity index (χ4v) is 3.70. The van der Waals surface area contributed by atoms with Crippen molar-refractivity contribution in [2.45, 2.75) is 39.7 Å². The molecule has 2 heterocycles. The maximum absolute atomic E-state index is 12.1. The van der Waals surface area contributed by atoms with Gasteiger partial charge in [-0.3, -0.25) is 4.79 Å². The summed E-state index contributed by atoms with van der Waals surface area (Å²) in [7, 11) is 0. The van der Waals surface area contributed by atoms with E-state index in [0.29, 0.717) is 12.3 Å². The highest BCUT2D eigenvalue weighted by molar-refractivity contribution is 5.91. The highest BCUT2D eigenvalue weighted by Crippen LogP contribution is 2.38. The number of nitrogens with zero attached hydrogens (tertiary/aromatic N) is 1. The molecule has 0 amide bonds. The summed E-state index contributed by atoms with van der Waals surface area (Å²) in [6.07, 6.45) is 2.94. The van der Waals surface area contributed by atoms with Crippen molar-refractivity contribution in [2.75, 3.05) is 0 Å². The van der Waals surface area contributed by atoms with Crippen LogP contribution in [0.15, 0.2) is 72.9 Å². The molecule has 0 unspecified atom stereocenters. The molecule has 0 spiro atoms. The molecule has 0 atom stereocenters. The lowest BCUT2D eigenvalue weighted by Crippen LogP contribution is -2.11. The minimum absolute atomic E-state index is 0.0101. The molecule has 2 aromatic heterocycles. The lowest BCUT2D eigenvalue weighted by Gasteiger charge is -2.21. The van der Waals surface area contributed by atoms with E-state index in [1.165, 1.54) is 5.56 Å². The topological polar surface area (TPSA) is 30.7 Å². The van der Waals surface area contributed by atoms with Crippen molar-refractivity contribution >= 4 is 11.8 Å². The van der Waals surface area contributed by atoms with Gasteiger partial charge in [0.2, 0.25) is 0 Å². The quantitative estimate of drug-likeness (QED) is 0.355. The molecule has 0 saturated carbocycles. The molecule has 0 radical (unpaired) electrons. The number of carbonyl (C=O) groups excluding carboxylic acids is 1. The van der Waals surface area contributed by atoms with Gasteiger partial charge in [0, 0.05) is 22.8 Å². The largest absolute Gasteiger partial charge is 0.488 e. The molecular formula is C27H27NO2. The van der Waals surface area contributed by atoms with E-state index < -0.39 is 0 Å². The molecule has 0 aliphatic carbocycles. The Labute approximate surface area is 177 Å². The molecule has 0 aliphatic rings. The predicted molar refractivity (Wildman–Crippen MR) is 122 cm³/mol. The minimum Gasteiger partial charge on any atom is -0.488 e. The van der Waals surface area contributed by atoms with Gasteiger partial charge in [-0.1, -0.05) is 63.2 Å². The Bertz CT molecular complexity index is 1200. The average Bonchev–Trinajstić information content (AvgIpc) is 3.09. The van der Waals surface area contributed by atoms with Crippen LogP contribution in [0.4, 0.5) is 0 Å². The fourth-order valence-electron chi connectivity index (χ4n) is 3.70. The first-order chi connectivity index (χ1) is 14.4. The van der Waals surface area contributed by atoms with Crippen molar-refractivity contribution in [2.24, 2.45) is 0 Å². The molecule has 0 aliphatic heterocycles. The summed E-state index contributed by atoms with van der Waals surface area (Å²) in [5.41, 5.74) is 6.88. The zero-order valence-corrected chi connectivity index (χ0v) is 18.0. The summed E-state index contributed by atoms with van der Waals surface area (Å²) >= 11 is 0. The van der Waals surface area contributed by atoms with E-state index in [-0.39, 0.29) is 5.41 Å². The number of aryl methyl sites for hydroxylation is 1. The third kappa shape index (κ3) is 3.88. The summed E-state index contributed by atoms with van der Waals surface area (Å²) in [5, 5.41) is 0. The summed E-state index contributed by atoms with van der Waals surface area (Å²) < 4.78 is 8.20. The van der Waals surface area contributed by atoms with Gasteiger partial charge in [-0.15, -0.1) is 0 Å². The van der Waals surface area contributed by atoms with Gasteiger partial charge >= 0.3 is 0 Å². The van der Waals surface area contributed by atoms with Crippen LogP contribution in [0.5, 0.6) is 5.75 Å². The van der Waals surface area contributed by atoms with Crippen LogP contribution in [0.2, 0.25) is 0 Å². The zero-order chi connectivity index (χ0) is 21.3. The molecule has 4 aromatic rings. The van der Waals surface area contributed by atoms with E-state index in [9.17, 15) is 4.79 Å². The van der Waals surface area contributed by atoms with Crippen molar-refractivity contribution in [1.82, 2.24) is 4.40 Å². The summed E-state index contributed by atoms with van der Waals surface area (Å²) in [6.45, 7) is 9.08. The number of hydrogen-bond acceptors (Lipinski definition) is 2. The summed E-state index contributed by atoms with van der Waals surface area (Å²) in [4.78, 5) is 12.1. The Morgan fingerprint density at radius 1 is 0.933 bits per heavy atom. The van der Waals surface area contributed by atoms with Gasteiger partial charge in [0.05, 0.1) is 5.69 Å². The van der Waals surface area contributed by atoms with E-state index >= 15 is 0 Å². The standard InChI is InChI=1S/C27H27NO2/c1-19-10-12-22-15-23(25(17-29)28(22)16-19)24-14-21(27(2,3)4)11-13-26(24)30-18-20-8-6-5-7-9-20/h5-17H,18H2,1-4H3. The van der Waals surface area contributed by atoms with Crippen molar-refractivity contribution in [1.29, 1.82) is 0 Å². The Morgan fingerprint density at radius 2 is 1.70 bits per heavy atom. The Balaban J connectivity index is 1.86. The molecule has 0 fully saturated rings. The molecular weight excluding hydrogens is 370 g/mol. The first-order valence-corrected chi connectivity index (χ1v) is 10.3. The highest BCUT2D eigenvalue weighted by atomic mass is 16.5.